The minimum Gasteiger partial charge on any atom is -0.344 e. The molecule has 2 aromatic rings. The summed E-state index contributed by atoms with van der Waals surface area (Å²) in [6.45, 7) is 7.44. The molecule has 5 heteroatoms. The molecule has 138 valence electrons. The van der Waals surface area contributed by atoms with Gasteiger partial charge < -0.3 is 10.2 Å². The highest BCUT2D eigenvalue weighted by Crippen LogP contribution is 2.13. The number of rotatable bonds is 8. The predicted octanol–water partition coefficient (Wildman–Crippen LogP) is 3.83. The summed E-state index contributed by atoms with van der Waals surface area (Å²) < 4.78 is 0. The first-order valence-corrected chi connectivity index (χ1v) is 9.18. The fourth-order valence-corrected chi connectivity index (χ4v) is 2.82. The van der Waals surface area contributed by atoms with E-state index in [1.54, 1.807) is 12.1 Å². The lowest BCUT2D eigenvalue weighted by Crippen LogP contribution is -2.33. The van der Waals surface area contributed by atoms with Gasteiger partial charge >= 0.3 is 0 Å². The number of carbonyl (C=O) groups excluding carboxylic acids is 2. The van der Waals surface area contributed by atoms with Crippen LogP contribution >= 0.6 is 0 Å². The summed E-state index contributed by atoms with van der Waals surface area (Å²) in [7, 11) is 0. The third-order valence-corrected chi connectivity index (χ3v) is 4.16. The summed E-state index contributed by atoms with van der Waals surface area (Å²) in [5.41, 5.74) is 1.77. The quantitative estimate of drug-likeness (QED) is 0.784. The van der Waals surface area contributed by atoms with Crippen LogP contribution in [0.1, 0.15) is 66.1 Å². The molecule has 1 atom stereocenters. The first-order valence-electron chi connectivity index (χ1n) is 9.18. The van der Waals surface area contributed by atoms with E-state index >= 15 is 0 Å². The average molecular weight is 353 g/mol. The Kier molecular flexibility index (Phi) is 7.33. The highest BCUT2D eigenvalue weighted by atomic mass is 16.2. The van der Waals surface area contributed by atoms with Gasteiger partial charge in [-0.2, -0.15) is 0 Å². The van der Waals surface area contributed by atoms with Crippen molar-refractivity contribution < 1.29 is 9.59 Å². The van der Waals surface area contributed by atoms with Gasteiger partial charge in [0, 0.05) is 24.8 Å². The summed E-state index contributed by atoms with van der Waals surface area (Å²) in [5.74, 6) is -0.338. The van der Waals surface area contributed by atoms with E-state index in [2.05, 4.69) is 10.3 Å². The van der Waals surface area contributed by atoms with Crippen LogP contribution in [0, 0.1) is 0 Å². The van der Waals surface area contributed by atoms with Gasteiger partial charge in [-0.25, -0.2) is 0 Å². The highest BCUT2D eigenvalue weighted by Gasteiger charge is 2.18. The molecule has 1 heterocycles. The topological polar surface area (TPSA) is 62.3 Å². The molecule has 1 unspecified atom stereocenters. The largest absolute Gasteiger partial charge is 0.344 e. The Bertz CT molecular complexity index is 725. The molecule has 0 fully saturated rings. The summed E-state index contributed by atoms with van der Waals surface area (Å²) >= 11 is 0. The summed E-state index contributed by atoms with van der Waals surface area (Å²) in [6, 6.07) is 12.8. The lowest BCUT2D eigenvalue weighted by atomic mass is 10.1. The summed E-state index contributed by atoms with van der Waals surface area (Å²) in [4.78, 5) is 31.2. The Hall–Kier alpha value is -2.69. The van der Waals surface area contributed by atoms with Crippen molar-refractivity contribution in [3.05, 3.63) is 65.5 Å². The number of nitrogens with zero attached hydrogens (tertiary/aromatic N) is 2. The molecular formula is C21H27N3O2. The summed E-state index contributed by atoms with van der Waals surface area (Å²) in [6.07, 6.45) is 3.32. The first kappa shape index (κ1) is 19.6. The standard InChI is InChI=1S/C21H27N3O2/c1-4-13-24(14-5-2)21(26)18-11-12-22-19(15-18)20(25)23-16(3)17-9-7-6-8-10-17/h6-12,15-16H,4-5,13-14H2,1-3H3,(H,23,25). The molecule has 0 spiro atoms. The molecule has 0 aliphatic heterocycles. The first-order chi connectivity index (χ1) is 12.6. The number of pyridine rings is 1. The van der Waals surface area contributed by atoms with Crippen LogP contribution in [0.15, 0.2) is 48.7 Å². The normalized spacial score (nSPS) is 11.7. The van der Waals surface area contributed by atoms with Crippen LogP contribution in [0.2, 0.25) is 0 Å². The van der Waals surface area contributed by atoms with Crippen molar-refractivity contribution in [3.8, 4) is 0 Å². The van der Waals surface area contributed by atoms with Crippen molar-refractivity contribution in [3.63, 3.8) is 0 Å². The number of amides is 2. The van der Waals surface area contributed by atoms with Gasteiger partial charge in [-0.1, -0.05) is 44.2 Å². The molecule has 26 heavy (non-hydrogen) atoms. The van der Waals surface area contributed by atoms with Crippen LogP contribution in [-0.4, -0.2) is 34.8 Å². The van der Waals surface area contributed by atoms with E-state index in [0.29, 0.717) is 18.7 Å². The van der Waals surface area contributed by atoms with Gasteiger partial charge in [0.15, 0.2) is 0 Å². The Labute approximate surface area is 155 Å². The maximum Gasteiger partial charge on any atom is 0.270 e. The number of hydrogen-bond donors (Lipinski definition) is 1. The Morgan fingerprint density at radius 2 is 1.73 bits per heavy atom. The van der Waals surface area contributed by atoms with Crippen LogP contribution in [0.3, 0.4) is 0 Å². The zero-order valence-electron chi connectivity index (χ0n) is 15.7. The van der Waals surface area contributed by atoms with Crippen molar-refractivity contribution in [1.82, 2.24) is 15.2 Å². The number of aromatic nitrogens is 1. The molecule has 2 rings (SSSR count). The molecule has 0 saturated carbocycles. The van der Waals surface area contributed by atoms with E-state index in [9.17, 15) is 9.59 Å². The second-order valence-corrected chi connectivity index (χ2v) is 6.33. The van der Waals surface area contributed by atoms with Gasteiger partial charge in [0.1, 0.15) is 5.69 Å². The van der Waals surface area contributed by atoms with E-state index < -0.39 is 0 Å². The van der Waals surface area contributed by atoms with Crippen LogP contribution in [0.4, 0.5) is 0 Å². The third-order valence-electron chi connectivity index (χ3n) is 4.16. The van der Waals surface area contributed by atoms with Crippen molar-refractivity contribution in [2.45, 2.75) is 39.7 Å². The minimum absolute atomic E-state index is 0.0544. The zero-order valence-corrected chi connectivity index (χ0v) is 15.7. The van der Waals surface area contributed by atoms with Gasteiger partial charge in [-0.3, -0.25) is 14.6 Å². The van der Waals surface area contributed by atoms with Gasteiger partial charge in [0.05, 0.1) is 6.04 Å². The molecule has 0 saturated heterocycles. The number of nitrogens with one attached hydrogen (secondary N) is 1. The van der Waals surface area contributed by atoms with E-state index in [1.807, 2.05) is 56.0 Å². The Morgan fingerprint density at radius 1 is 1.08 bits per heavy atom. The van der Waals surface area contributed by atoms with Crippen LogP contribution in [0.25, 0.3) is 0 Å². The summed E-state index contributed by atoms with van der Waals surface area (Å²) in [5, 5.41) is 2.93. The maximum absolute atomic E-state index is 12.7. The minimum atomic E-state index is -0.284. The molecule has 1 N–H and O–H groups in total. The SMILES string of the molecule is CCCN(CCC)C(=O)c1ccnc(C(=O)NC(C)c2ccccc2)c1. The lowest BCUT2D eigenvalue weighted by molar-refractivity contribution is 0.0755. The average Bonchev–Trinajstić information content (AvgIpc) is 2.68. The lowest BCUT2D eigenvalue weighted by Gasteiger charge is -2.21. The molecular weight excluding hydrogens is 326 g/mol. The third kappa shape index (κ3) is 5.15. The molecule has 0 aliphatic carbocycles. The molecule has 0 aliphatic rings. The van der Waals surface area contributed by atoms with E-state index in [1.165, 1.54) is 6.20 Å². The number of carbonyl (C=O) groups is 2. The zero-order chi connectivity index (χ0) is 18.9. The van der Waals surface area contributed by atoms with E-state index in [-0.39, 0.29) is 23.6 Å². The molecule has 0 bridgehead atoms. The molecule has 0 radical (unpaired) electrons. The second-order valence-electron chi connectivity index (χ2n) is 6.33. The molecule has 5 nitrogen and oxygen atoms in total. The maximum atomic E-state index is 12.7. The van der Waals surface area contributed by atoms with E-state index in [4.69, 9.17) is 0 Å². The molecule has 1 aromatic heterocycles. The smallest absolute Gasteiger partial charge is 0.270 e. The predicted molar refractivity (Wildman–Crippen MR) is 103 cm³/mol. The monoisotopic (exact) mass is 353 g/mol. The van der Waals surface area contributed by atoms with Gasteiger partial charge in [-0.15, -0.1) is 0 Å². The van der Waals surface area contributed by atoms with E-state index in [0.717, 1.165) is 18.4 Å². The van der Waals surface area contributed by atoms with Crippen molar-refractivity contribution in [2.24, 2.45) is 0 Å². The molecule has 2 amide bonds. The van der Waals surface area contributed by atoms with Gasteiger partial charge in [0.2, 0.25) is 0 Å². The van der Waals surface area contributed by atoms with Gasteiger partial charge in [0.25, 0.3) is 11.8 Å². The van der Waals surface area contributed by atoms with Crippen molar-refractivity contribution in [1.29, 1.82) is 0 Å². The van der Waals surface area contributed by atoms with Crippen molar-refractivity contribution in [2.75, 3.05) is 13.1 Å². The van der Waals surface area contributed by atoms with Gasteiger partial charge in [-0.05, 0) is 37.5 Å². The van der Waals surface area contributed by atoms with Crippen LogP contribution < -0.4 is 5.32 Å². The van der Waals surface area contributed by atoms with Crippen LogP contribution in [-0.2, 0) is 0 Å². The number of benzene rings is 1. The van der Waals surface area contributed by atoms with Crippen LogP contribution in [0.5, 0.6) is 0 Å². The fourth-order valence-electron chi connectivity index (χ4n) is 2.82. The highest BCUT2D eigenvalue weighted by molar-refractivity contribution is 5.98. The number of hydrogen-bond acceptors (Lipinski definition) is 3. The molecule has 1 aromatic carbocycles. The van der Waals surface area contributed by atoms with Crippen molar-refractivity contribution >= 4 is 11.8 Å². The fraction of sp³-hybridized carbons (Fsp3) is 0.381. The Morgan fingerprint density at radius 3 is 2.35 bits per heavy atom. The Balaban J connectivity index is 2.12. The second kappa shape index (κ2) is 9.70.